The molecule has 17 heavy (non-hydrogen) atoms. The third-order valence-corrected chi connectivity index (χ3v) is 2.93. The second-order valence-corrected chi connectivity index (χ2v) is 4.03. The van der Waals surface area contributed by atoms with Crippen molar-refractivity contribution < 1.29 is 14.1 Å². The maximum atomic E-state index is 9.82. The van der Waals surface area contributed by atoms with E-state index < -0.39 is 0 Å². The van der Waals surface area contributed by atoms with E-state index in [1.54, 1.807) is 22.7 Å². The van der Waals surface area contributed by atoms with E-state index >= 15 is 0 Å². The number of phenols is 1. The minimum Gasteiger partial charge on any atom is -0.508 e. The molecule has 0 saturated heterocycles. The second-order valence-electron chi connectivity index (χ2n) is 3.27. The molecule has 0 saturated carbocycles. The fourth-order valence-electron chi connectivity index (χ4n) is 1.48. The van der Waals surface area contributed by atoms with Crippen LogP contribution < -0.4 is 0 Å². The molecule has 0 radical (unpaired) electrons. The number of benzene rings is 1. The van der Waals surface area contributed by atoms with E-state index in [1.165, 1.54) is 13.4 Å². The molecule has 1 aromatic carbocycles. The predicted octanol–water partition coefficient (Wildman–Crippen LogP) is 2.43. The Labute approximate surface area is 104 Å². The SMILES string of the molecule is CON=CN1SOC=CC1c1ccccc1O. The highest BCUT2D eigenvalue weighted by Gasteiger charge is 2.23. The van der Waals surface area contributed by atoms with Crippen LogP contribution in [-0.2, 0) is 9.02 Å². The molecule has 0 aromatic heterocycles. The average Bonchev–Trinajstić information content (AvgIpc) is 2.37. The van der Waals surface area contributed by atoms with Crippen LogP contribution in [0.3, 0.4) is 0 Å². The van der Waals surface area contributed by atoms with Gasteiger partial charge in [-0.2, -0.15) is 0 Å². The van der Waals surface area contributed by atoms with Crippen molar-refractivity contribution in [1.29, 1.82) is 0 Å². The first-order valence-corrected chi connectivity index (χ1v) is 5.66. The van der Waals surface area contributed by atoms with E-state index in [0.717, 1.165) is 17.8 Å². The summed E-state index contributed by atoms with van der Waals surface area (Å²) in [7, 11) is 1.47. The van der Waals surface area contributed by atoms with Gasteiger partial charge in [-0.1, -0.05) is 23.4 Å². The molecule has 0 bridgehead atoms. The van der Waals surface area contributed by atoms with Gasteiger partial charge in [-0.3, -0.25) is 4.31 Å². The third-order valence-electron chi connectivity index (χ3n) is 2.24. The van der Waals surface area contributed by atoms with Crippen molar-refractivity contribution in [3.63, 3.8) is 0 Å². The molecule has 1 unspecified atom stereocenters. The van der Waals surface area contributed by atoms with Crippen LogP contribution in [0.4, 0.5) is 0 Å². The first-order valence-electron chi connectivity index (χ1n) is 4.96. The van der Waals surface area contributed by atoms with Gasteiger partial charge in [-0.05, 0) is 12.1 Å². The summed E-state index contributed by atoms with van der Waals surface area (Å²) in [6, 6.07) is 7.00. The summed E-state index contributed by atoms with van der Waals surface area (Å²) in [5, 5.41) is 13.5. The van der Waals surface area contributed by atoms with Crippen molar-refractivity contribution in [3.8, 4) is 5.75 Å². The standard InChI is InChI=1S/C11H12N2O3S/c1-15-12-8-13-10(6-7-16-17-13)9-4-2-3-5-11(9)14/h2-8,10,14H,1H3. The zero-order valence-electron chi connectivity index (χ0n) is 9.19. The van der Waals surface area contributed by atoms with Crippen molar-refractivity contribution in [3.05, 3.63) is 42.2 Å². The van der Waals surface area contributed by atoms with Gasteiger partial charge in [-0.25, -0.2) is 0 Å². The van der Waals surface area contributed by atoms with E-state index in [0.29, 0.717) is 0 Å². The van der Waals surface area contributed by atoms with Crippen LogP contribution in [0.25, 0.3) is 0 Å². The van der Waals surface area contributed by atoms with Crippen LogP contribution in [0.1, 0.15) is 11.6 Å². The molecule has 1 aromatic rings. The summed E-state index contributed by atoms with van der Waals surface area (Å²) < 4.78 is 6.84. The first kappa shape index (κ1) is 11.7. The molecule has 2 rings (SSSR count). The molecular weight excluding hydrogens is 240 g/mol. The zero-order valence-corrected chi connectivity index (χ0v) is 10.0. The van der Waals surface area contributed by atoms with E-state index in [-0.39, 0.29) is 11.8 Å². The topological polar surface area (TPSA) is 54.3 Å². The van der Waals surface area contributed by atoms with Gasteiger partial charge in [0, 0.05) is 5.56 Å². The van der Waals surface area contributed by atoms with Crippen molar-refractivity contribution in [2.45, 2.75) is 6.04 Å². The molecule has 5 nitrogen and oxygen atoms in total. The number of para-hydroxylation sites is 1. The summed E-state index contributed by atoms with van der Waals surface area (Å²) in [5.74, 6) is 0.237. The Morgan fingerprint density at radius 2 is 2.35 bits per heavy atom. The highest BCUT2D eigenvalue weighted by molar-refractivity contribution is 7.92. The number of hydrogen-bond acceptors (Lipinski definition) is 5. The maximum Gasteiger partial charge on any atom is 0.180 e. The third kappa shape index (κ3) is 2.65. The Balaban J connectivity index is 2.28. The Hall–Kier alpha value is -1.82. The maximum absolute atomic E-state index is 9.82. The summed E-state index contributed by atoms with van der Waals surface area (Å²) in [5.41, 5.74) is 0.780. The summed E-state index contributed by atoms with van der Waals surface area (Å²) in [6.45, 7) is 0. The van der Waals surface area contributed by atoms with Crippen molar-refractivity contribution in [2.24, 2.45) is 5.16 Å². The Kier molecular flexibility index (Phi) is 3.77. The number of rotatable bonds is 3. The van der Waals surface area contributed by atoms with E-state index in [4.69, 9.17) is 4.18 Å². The molecule has 1 aliphatic rings. The smallest absolute Gasteiger partial charge is 0.180 e. The molecule has 6 heteroatoms. The number of hydrogen-bond donors (Lipinski definition) is 1. The van der Waals surface area contributed by atoms with Crippen molar-refractivity contribution in [1.82, 2.24) is 4.31 Å². The number of aromatic hydroxyl groups is 1. The monoisotopic (exact) mass is 252 g/mol. The van der Waals surface area contributed by atoms with Gasteiger partial charge in [0.2, 0.25) is 0 Å². The minimum atomic E-state index is -0.145. The van der Waals surface area contributed by atoms with Crippen LogP contribution in [0, 0.1) is 0 Å². The normalized spacial score (nSPS) is 19.4. The molecule has 1 atom stereocenters. The van der Waals surface area contributed by atoms with Gasteiger partial charge in [0.05, 0.1) is 6.04 Å². The first-order chi connectivity index (χ1) is 8.33. The van der Waals surface area contributed by atoms with E-state index in [9.17, 15) is 5.11 Å². The summed E-state index contributed by atoms with van der Waals surface area (Å²) in [4.78, 5) is 4.63. The lowest BCUT2D eigenvalue weighted by atomic mass is 10.1. The average molecular weight is 252 g/mol. The highest BCUT2D eigenvalue weighted by atomic mass is 32.2. The Bertz CT molecular complexity index is 436. The van der Waals surface area contributed by atoms with Crippen LogP contribution in [-0.4, -0.2) is 22.9 Å². The van der Waals surface area contributed by atoms with E-state index in [2.05, 4.69) is 9.99 Å². The largest absolute Gasteiger partial charge is 0.508 e. The van der Waals surface area contributed by atoms with Crippen molar-refractivity contribution in [2.75, 3.05) is 7.11 Å². The zero-order chi connectivity index (χ0) is 12.1. The fraction of sp³-hybridized carbons (Fsp3) is 0.182. The Morgan fingerprint density at radius 1 is 1.53 bits per heavy atom. The molecule has 1 heterocycles. The molecule has 0 spiro atoms. The fourth-order valence-corrected chi connectivity index (χ4v) is 2.04. The molecule has 0 aliphatic carbocycles. The summed E-state index contributed by atoms with van der Waals surface area (Å²) in [6.07, 6.45) is 4.91. The highest BCUT2D eigenvalue weighted by Crippen LogP contribution is 2.35. The van der Waals surface area contributed by atoms with Gasteiger partial charge in [-0.15, -0.1) is 0 Å². The van der Waals surface area contributed by atoms with Gasteiger partial charge < -0.3 is 14.1 Å². The van der Waals surface area contributed by atoms with Gasteiger partial charge in [0.1, 0.15) is 25.5 Å². The minimum absolute atomic E-state index is 0.145. The molecule has 0 amide bonds. The van der Waals surface area contributed by atoms with Crippen LogP contribution in [0.15, 0.2) is 41.8 Å². The lowest BCUT2D eigenvalue weighted by Gasteiger charge is -2.27. The molecule has 0 fully saturated rings. The predicted molar refractivity (Wildman–Crippen MR) is 66.0 cm³/mol. The van der Waals surface area contributed by atoms with Gasteiger partial charge >= 0.3 is 0 Å². The molecular formula is C11H12N2O3S. The summed E-state index contributed by atoms with van der Waals surface area (Å²) >= 11 is 1.12. The van der Waals surface area contributed by atoms with Crippen LogP contribution in [0.5, 0.6) is 5.75 Å². The number of nitrogens with zero attached hydrogens (tertiary/aromatic N) is 2. The van der Waals surface area contributed by atoms with Crippen LogP contribution >= 0.6 is 12.2 Å². The second kappa shape index (κ2) is 5.49. The molecule has 90 valence electrons. The molecule has 1 aliphatic heterocycles. The molecule has 1 N–H and O–H groups in total. The van der Waals surface area contributed by atoms with Crippen LogP contribution in [0.2, 0.25) is 0 Å². The lowest BCUT2D eigenvalue weighted by Crippen LogP contribution is -2.21. The quantitative estimate of drug-likeness (QED) is 0.294. The van der Waals surface area contributed by atoms with Gasteiger partial charge in [0.25, 0.3) is 0 Å². The van der Waals surface area contributed by atoms with Crippen molar-refractivity contribution >= 4 is 18.6 Å². The number of phenolic OH excluding ortho intramolecular Hbond substituents is 1. The van der Waals surface area contributed by atoms with Gasteiger partial charge in [0.15, 0.2) is 12.2 Å². The number of oxime groups is 1. The lowest BCUT2D eigenvalue weighted by molar-refractivity contribution is 0.211. The Morgan fingerprint density at radius 3 is 3.12 bits per heavy atom. The van der Waals surface area contributed by atoms with E-state index in [1.807, 2.05) is 18.2 Å².